The van der Waals surface area contributed by atoms with Crippen molar-refractivity contribution >= 4 is 10.8 Å². The van der Waals surface area contributed by atoms with Crippen molar-refractivity contribution in [1.82, 2.24) is 15.0 Å². The standard InChI is InChI=1S/C52H35N3O2/c1-52(2)42-24-14-13-23-41(42)47-43(52)28-30-45-48(47)57-44-29-25-34(31-46(44)56-45)35-19-9-12-22-39(35)50-53-49(33-17-7-4-8-18-33)54-51(55-50)40-27-26-36(32-15-5-3-6-16-32)37-20-10-11-21-38(37)40/h3-31H,1-2H3. The monoisotopic (exact) mass is 733 g/mol. The Hall–Kier alpha value is -7.37. The third-order valence-electron chi connectivity index (χ3n) is 11.4. The molecule has 57 heavy (non-hydrogen) atoms. The molecule has 0 fully saturated rings. The Bertz CT molecular complexity index is 3050. The fourth-order valence-electron chi connectivity index (χ4n) is 8.62. The highest BCUT2D eigenvalue weighted by atomic mass is 16.6. The Morgan fingerprint density at radius 3 is 1.72 bits per heavy atom. The number of hydrogen-bond acceptors (Lipinski definition) is 5. The van der Waals surface area contributed by atoms with Crippen molar-refractivity contribution in [3.05, 3.63) is 187 Å². The normalized spacial score (nSPS) is 13.2. The van der Waals surface area contributed by atoms with Crippen LogP contribution in [0.4, 0.5) is 0 Å². The molecule has 0 saturated carbocycles. The van der Waals surface area contributed by atoms with E-state index < -0.39 is 0 Å². The number of ether oxygens (including phenoxy) is 2. The van der Waals surface area contributed by atoms with Crippen LogP contribution in [0, 0.1) is 0 Å². The van der Waals surface area contributed by atoms with Gasteiger partial charge in [-0.3, -0.25) is 0 Å². The van der Waals surface area contributed by atoms with E-state index in [0.29, 0.717) is 34.7 Å². The average molecular weight is 734 g/mol. The second kappa shape index (κ2) is 12.9. The van der Waals surface area contributed by atoms with Crippen molar-refractivity contribution in [3.8, 4) is 90.5 Å². The van der Waals surface area contributed by atoms with Gasteiger partial charge in [0.25, 0.3) is 0 Å². The van der Waals surface area contributed by atoms with E-state index in [1.54, 1.807) is 0 Å². The molecule has 0 spiro atoms. The Balaban J connectivity index is 1.03. The molecular formula is C52H35N3O2. The summed E-state index contributed by atoms with van der Waals surface area (Å²) in [6, 6.07) is 60.6. The lowest BCUT2D eigenvalue weighted by Crippen LogP contribution is -2.15. The van der Waals surface area contributed by atoms with Gasteiger partial charge in [0.2, 0.25) is 0 Å². The number of nitrogens with zero attached hydrogens (tertiary/aromatic N) is 3. The van der Waals surface area contributed by atoms with Gasteiger partial charge in [-0.15, -0.1) is 0 Å². The van der Waals surface area contributed by atoms with Crippen LogP contribution in [0.1, 0.15) is 25.0 Å². The van der Waals surface area contributed by atoms with E-state index in [-0.39, 0.29) is 5.41 Å². The molecule has 0 N–H and O–H groups in total. The first-order valence-electron chi connectivity index (χ1n) is 19.3. The number of hydrogen-bond donors (Lipinski definition) is 0. The predicted molar refractivity (Wildman–Crippen MR) is 229 cm³/mol. The minimum Gasteiger partial charge on any atom is -0.449 e. The van der Waals surface area contributed by atoms with Crippen LogP contribution in [0.15, 0.2) is 176 Å². The molecule has 0 atom stereocenters. The van der Waals surface area contributed by atoms with E-state index in [2.05, 4.69) is 129 Å². The molecule has 2 aliphatic rings. The minimum absolute atomic E-state index is 0.133. The SMILES string of the molecule is CC1(C)c2ccccc2-c2c1ccc1c2Oc2ccc(-c3ccccc3-c3nc(-c4ccccc4)nc(-c4ccc(-c5ccccc5)c5ccccc45)n3)cc2O1. The fourth-order valence-corrected chi connectivity index (χ4v) is 8.62. The third-order valence-corrected chi connectivity index (χ3v) is 11.4. The number of rotatable bonds is 5. The summed E-state index contributed by atoms with van der Waals surface area (Å²) in [5.41, 5.74) is 11.7. The highest BCUT2D eigenvalue weighted by Crippen LogP contribution is 2.58. The van der Waals surface area contributed by atoms with Crippen LogP contribution in [0.5, 0.6) is 23.0 Å². The summed E-state index contributed by atoms with van der Waals surface area (Å²) in [7, 11) is 0. The largest absolute Gasteiger partial charge is 0.449 e. The van der Waals surface area contributed by atoms with Crippen LogP contribution in [0.25, 0.3) is 78.3 Å². The Morgan fingerprint density at radius 1 is 0.368 bits per heavy atom. The van der Waals surface area contributed by atoms with Gasteiger partial charge in [-0.25, -0.2) is 15.0 Å². The van der Waals surface area contributed by atoms with Gasteiger partial charge in [0.15, 0.2) is 40.5 Å². The molecule has 1 aromatic heterocycles. The lowest BCUT2D eigenvalue weighted by molar-refractivity contribution is 0.360. The molecule has 11 rings (SSSR count). The molecule has 1 aliphatic heterocycles. The molecule has 9 aromatic rings. The van der Waals surface area contributed by atoms with Gasteiger partial charge in [0, 0.05) is 27.7 Å². The van der Waals surface area contributed by atoms with E-state index in [4.69, 9.17) is 24.4 Å². The van der Waals surface area contributed by atoms with E-state index in [1.165, 1.54) is 16.7 Å². The van der Waals surface area contributed by atoms with Gasteiger partial charge in [0.05, 0.1) is 0 Å². The van der Waals surface area contributed by atoms with Crippen LogP contribution in [-0.2, 0) is 5.41 Å². The molecule has 8 aromatic carbocycles. The van der Waals surface area contributed by atoms with E-state index >= 15 is 0 Å². The molecule has 0 saturated heterocycles. The molecule has 2 heterocycles. The van der Waals surface area contributed by atoms with Crippen molar-refractivity contribution in [3.63, 3.8) is 0 Å². The van der Waals surface area contributed by atoms with Crippen LogP contribution in [0.3, 0.4) is 0 Å². The quantitative estimate of drug-likeness (QED) is 0.176. The molecule has 0 bridgehead atoms. The van der Waals surface area contributed by atoms with Gasteiger partial charge >= 0.3 is 0 Å². The second-order valence-electron chi connectivity index (χ2n) is 15.1. The summed E-state index contributed by atoms with van der Waals surface area (Å²) in [6.45, 7) is 4.54. The van der Waals surface area contributed by atoms with Gasteiger partial charge < -0.3 is 9.47 Å². The second-order valence-corrected chi connectivity index (χ2v) is 15.1. The first kappa shape index (κ1) is 33.0. The van der Waals surface area contributed by atoms with Crippen LogP contribution in [0.2, 0.25) is 0 Å². The molecule has 5 heteroatoms. The number of aromatic nitrogens is 3. The van der Waals surface area contributed by atoms with Crippen molar-refractivity contribution < 1.29 is 9.47 Å². The fraction of sp³-hybridized carbons (Fsp3) is 0.0577. The summed E-state index contributed by atoms with van der Waals surface area (Å²) in [5, 5.41) is 2.22. The molecule has 0 amide bonds. The van der Waals surface area contributed by atoms with Crippen molar-refractivity contribution in [2.45, 2.75) is 19.3 Å². The smallest absolute Gasteiger partial charge is 0.178 e. The summed E-state index contributed by atoms with van der Waals surface area (Å²) in [5.74, 6) is 4.62. The highest BCUT2D eigenvalue weighted by Gasteiger charge is 2.39. The molecule has 1 aliphatic carbocycles. The van der Waals surface area contributed by atoms with Gasteiger partial charge in [-0.05, 0) is 74.0 Å². The zero-order valence-corrected chi connectivity index (χ0v) is 31.4. The number of fused-ring (bicyclic) bond motifs is 7. The first-order chi connectivity index (χ1) is 28.0. The maximum atomic E-state index is 6.72. The van der Waals surface area contributed by atoms with E-state index in [9.17, 15) is 0 Å². The number of benzene rings is 8. The van der Waals surface area contributed by atoms with Gasteiger partial charge in [-0.2, -0.15) is 0 Å². The Morgan fingerprint density at radius 2 is 0.947 bits per heavy atom. The summed E-state index contributed by atoms with van der Waals surface area (Å²) >= 11 is 0. The van der Waals surface area contributed by atoms with Gasteiger partial charge in [0.1, 0.15) is 0 Å². The summed E-state index contributed by atoms with van der Waals surface area (Å²) < 4.78 is 13.4. The topological polar surface area (TPSA) is 57.1 Å². The van der Waals surface area contributed by atoms with Crippen molar-refractivity contribution in [2.75, 3.05) is 0 Å². The summed E-state index contributed by atoms with van der Waals surface area (Å²) in [6.07, 6.45) is 0. The van der Waals surface area contributed by atoms with Crippen LogP contribution >= 0.6 is 0 Å². The Labute approximate surface area is 330 Å². The van der Waals surface area contributed by atoms with Crippen LogP contribution < -0.4 is 9.47 Å². The molecule has 0 unspecified atom stereocenters. The van der Waals surface area contributed by atoms with E-state index in [0.717, 1.165) is 61.0 Å². The maximum Gasteiger partial charge on any atom is 0.178 e. The highest BCUT2D eigenvalue weighted by molar-refractivity contribution is 6.04. The lowest BCUT2D eigenvalue weighted by atomic mass is 9.82. The lowest BCUT2D eigenvalue weighted by Gasteiger charge is -2.25. The summed E-state index contributed by atoms with van der Waals surface area (Å²) in [4.78, 5) is 15.5. The van der Waals surface area contributed by atoms with Crippen LogP contribution in [-0.4, -0.2) is 15.0 Å². The molecule has 0 radical (unpaired) electrons. The first-order valence-corrected chi connectivity index (χ1v) is 19.3. The molecular weight excluding hydrogens is 699 g/mol. The van der Waals surface area contributed by atoms with E-state index in [1.807, 2.05) is 60.7 Å². The Kier molecular flexibility index (Phi) is 7.45. The molecule has 270 valence electrons. The molecule has 5 nitrogen and oxygen atoms in total. The zero-order chi connectivity index (χ0) is 38.1. The third kappa shape index (κ3) is 5.35. The predicted octanol–water partition coefficient (Wildman–Crippen LogP) is 13.6. The van der Waals surface area contributed by atoms with Gasteiger partial charge in [-0.1, -0.05) is 166 Å². The van der Waals surface area contributed by atoms with Crippen molar-refractivity contribution in [2.24, 2.45) is 0 Å². The average Bonchev–Trinajstić information content (AvgIpc) is 3.51. The van der Waals surface area contributed by atoms with Crippen molar-refractivity contribution in [1.29, 1.82) is 0 Å². The minimum atomic E-state index is -0.133. The maximum absolute atomic E-state index is 6.72. The zero-order valence-electron chi connectivity index (χ0n) is 31.4.